The predicted molar refractivity (Wildman–Crippen MR) is 63.3 cm³/mol. The summed E-state index contributed by atoms with van der Waals surface area (Å²) in [4.78, 5) is 12.3. The highest BCUT2D eigenvalue weighted by Crippen LogP contribution is 2.01. The average molecular weight is 251 g/mol. The second-order valence-corrected chi connectivity index (χ2v) is 6.52. The smallest absolute Gasteiger partial charge is 0.317 e. The zero-order chi connectivity index (χ0) is 12.8. The number of carboxylic acid groups (broad SMARTS) is 1. The molecular formula is C10H21NO4S. The fourth-order valence-corrected chi connectivity index (χ4v) is 2.18. The minimum absolute atomic E-state index is 0.0379. The molecule has 0 aliphatic heterocycles. The van der Waals surface area contributed by atoms with E-state index in [4.69, 9.17) is 5.11 Å². The van der Waals surface area contributed by atoms with Crippen LogP contribution < -0.4 is 0 Å². The number of carbonyl (C=O) groups is 1. The molecule has 6 heteroatoms. The highest BCUT2D eigenvalue weighted by Gasteiger charge is 2.14. The van der Waals surface area contributed by atoms with Gasteiger partial charge in [0.1, 0.15) is 9.84 Å². The molecule has 0 fully saturated rings. The van der Waals surface area contributed by atoms with Crippen LogP contribution in [0.25, 0.3) is 0 Å². The lowest BCUT2D eigenvalue weighted by Crippen LogP contribution is -2.37. The van der Waals surface area contributed by atoms with Gasteiger partial charge in [0.25, 0.3) is 0 Å². The third kappa shape index (κ3) is 6.79. The van der Waals surface area contributed by atoms with Crippen LogP contribution in [0, 0.1) is 0 Å². The molecule has 0 heterocycles. The molecule has 0 spiro atoms. The van der Waals surface area contributed by atoms with E-state index in [-0.39, 0.29) is 24.1 Å². The third-order valence-electron chi connectivity index (χ3n) is 2.41. The zero-order valence-corrected chi connectivity index (χ0v) is 11.0. The van der Waals surface area contributed by atoms with E-state index in [9.17, 15) is 13.2 Å². The monoisotopic (exact) mass is 251 g/mol. The Morgan fingerprint density at radius 3 is 2.31 bits per heavy atom. The number of hydrogen-bond acceptors (Lipinski definition) is 4. The first-order valence-corrected chi connectivity index (χ1v) is 7.27. The summed E-state index contributed by atoms with van der Waals surface area (Å²) in [6.45, 7) is 5.88. The Hall–Kier alpha value is -0.620. The quantitative estimate of drug-likeness (QED) is 0.684. The predicted octanol–water partition coefficient (Wildman–Crippen LogP) is 0.606. The van der Waals surface area contributed by atoms with Gasteiger partial charge in [-0.1, -0.05) is 6.92 Å². The van der Waals surface area contributed by atoms with Crippen molar-refractivity contribution in [1.29, 1.82) is 0 Å². The molecule has 0 aromatic carbocycles. The van der Waals surface area contributed by atoms with Gasteiger partial charge in [-0.2, -0.15) is 0 Å². The van der Waals surface area contributed by atoms with Gasteiger partial charge in [0.05, 0.1) is 12.3 Å². The van der Waals surface area contributed by atoms with Crippen LogP contribution >= 0.6 is 0 Å². The van der Waals surface area contributed by atoms with Crippen LogP contribution in [-0.2, 0) is 14.6 Å². The lowest BCUT2D eigenvalue weighted by Gasteiger charge is -2.24. The Labute approximate surface area is 97.4 Å². The highest BCUT2D eigenvalue weighted by atomic mass is 32.2. The largest absolute Gasteiger partial charge is 0.480 e. The summed E-state index contributed by atoms with van der Waals surface area (Å²) >= 11 is 0. The van der Waals surface area contributed by atoms with E-state index in [1.165, 1.54) is 0 Å². The SMILES string of the molecule is CCS(=O)(=O)CCCN(CC(=O)O)C(C)C. The van der Waals surface area contributed by atoms with E-state index in [1.54, 1.807) is 11.8 Å². The van der Waals surface area contributed by atoms with E-state index in [1.807, 2.05) is 13.8 Å². The van der Waals surface area contributed by atoms with Crippen LogP contribution in [0.15, 0.2) is 0 Å². The summed E-state index contributed by atoms with van der Waals surface area (Å²) in [5.41, 5.74) is 0. The summed E-state index contributed by atoms with van der Waals surface area (Å²) in [5.74, 6) is -0.605. The van der Waals surface area contributed by atoms with E-state index in [0.717, 1.165) is 0 Å². The molecule has 0 aliphatic rings. The van der Waals surface area contributed by atoms with Crippen molar-refractivity contribution < 1.29 is 18.3 Å². The van der Waals surface area contributed by atoms with Crippen LogP contribution in [0.4, 0.5) is 0 Å². The van der Waals surface area contributed by atoms with Gasteiger partial charge >= 0.3 is 5.97 Å². The van der Waals surface area contributed by atoms with Crippen molar-refractivity contribution in [2.45, 2.75) is 33.2 Å². The topological polar surface area (TPSA) is 74.7 Å². The van der Waals surface area contributed by atoms with Crippen LogP contribution in [0.3, 0.4) is 0 Å². The molecule has 0 atom stereocenters. The molecule has 0 amide bonds. The Bertz CT molecular complexity index is 311. The van der Waals surface area contributed by atoms with Crippen molar-refractivity contribution in [3.05, 3.63) is 0 Å². The molecule has 0 saturated heterocycles. The normalized spacial score (nSPS) is 12.3. The Kier molecular flexibility index (Phi) is 6.59. The standard InChI is InChI=1S/C10H21NO4S/c1-4-16(14,15)7-5-6-11(9(2)3)8-10(12)13/h9H,4-8H2,1-3H3,(H,12,13). The average Bonchev–Trinajstić information content (AvgIpc) is 2.15. The van der Waals surface area contributed by atoms with Crippen molar-refractivity contribution >= 4 is 15.8 Å². The van der Waals surface area contributed by atoms with Crippen molar-refractivity contribution in [3.8, 4) is 0 Å². The molecule has 96 valence electrons. The molecule has 0 aromatic heterocycles. The number of aliphatic carboxylic acids is 1. The minimum atomic E-state index is -2.94. The summed E-state index contributed by atoms with van der Waals surface area (Å²) in [6, 6.07) is 0.112. The highest BCUT2D eigenvalue weighted by molar-refractivity contribution is 7.91. The van der Waals surface area contributed by atoms with E-state index in [0.29, 0.717) is 13.0 Å². The number of rotatable bonds is 8. The van der Waals surface area contributed by atoms with Crippen LogP contribution in [0.2, 0.25) is 0 Å². The van der Waals surface area contributed by atoms with Crippen LogP contribution in [0.1, 0.15) is 27.2 Å². The van der Waals surface area contributed by atoms with Gasteiger partial charge in [0.2, 0.25) is 0 Å². The van der Waals surface area contributed by atoms with Gasteiger partial charge < -0.3 is 5.11 Å². The first-order chi connectivity index (χ1) is 7.28. The second kappa shape index (κ2) is 6.85. The van der Waals surface area contributed by atoms with E-state index >= 15 is 0 Å². The maximum absolute atomic E-state index is 11.2. The third-order valence-corrected chi connectivity index (χ3v) is 4.20. The Balaban J connectivity index is 4.09. The zero-order valence-electron chi connectivity index (χ0n) is 10.1. The first-order valence-electron chi connectivity index (χ1n) is 5.44. The van der Waals surface area contributed by atoms with Crippen molar-refractivity contribution in [1.82, 2.24) is 4.90 Å². The van der Waals surface area contributed by atoms with Gasteiger partial charge in [-0.25, -0.2) is 8.42 Å². The molecule has 0 bridgehead atoms. The molecular weight excluding hydrogens is 230 g/mol. The van der Waals surface area contributed by atoms with Gasteiger partial charge in [0.15, 0.2) is 0 Å². The molecule has 0 unspecified atom stereocenters. The van der Waals surface area contributed by atoms with Gasteiger partial charge in [0, 0.05) is 11.8 Å². The molecule has 0 rings (SSSR count). The Morgan fingerprint density at radius 1 is 1.38 bits per heavy atom. The molecule has 5 nitrogen and oxygen atoms in total. The molecule has 0 saturated carbocycles. The van der Waals surface area contributed by atoms with Crippen molar-refractivity contribution in [3.63, 3.8) is 0 Å². The summed E-state index contributed by atoms with van der Waals surface area (Å²) in [6.07, 6.45) is 0.488. The molecule has 16 heavy (non-hydrogen) atoms. The number of carboxylic acids is 1. The second-order valence-electron chi connectivity index (χ2n) is 4.05. The molecule has 0 radical (unpaired) electrons. The summed E-state index contributed by atoms with van der Waals surface area (Å²) in [5, 5.41) is 8.68. The first kappa shape index (κ1) is 15.4. The van der Waals surface area contributed by atoms with Crippen LogP contribution in [0.5, 0.6) is 0 Å². The van der Waals surface area contributed by atoms with Crippen molar-refractivity contribution in [2.24, 2.45) is 0 Å². The number of hydrogen-bond donors (Lipinski definition) is 1. The lowest BCUT2D eigenvalue weighted by atomic mass is 10.3. The van der Waals surface area contributed by atoms with E-state index < -0.39 is 15.8 Å². The fraction of sp³-hybridized carbons (Fsp3) is 0.900. The maximum Gasteiger partial charge on any atom is 0.317 e. The minimum Gasteiger partial charge on any atom is -0.480 e. The van der Waals surface area contributed by atoms with Crippen LogP contribution in [-0.4, -0.2) is 55.0 Å². The molecule has 1 N–H and O–H groups in total. The lowest BCUT2D eigenvalue weighted by molar-refractivity contribution is -0.138. The van der Waals surface area contributed by atoms with E-state index in [2.05, 4.69) is 0 Å². The fourth-order valence-electron chi connectivity index (χ4n) is 1.33. The molecule has 0 aromatic rings. The van der Waals surface area contributed by atoms with Gasteiger partial charge in [-0.15, -0.1) is 0 Å². The van der Waals surface area contributed by atoms with Gasteiger partial charge in [-0.3, -0.25) is 9.69 Å². The summed E-state index contributed by atoms with van der Waals surface area (Å²) in [7, 11) is -2.94. The number of nitrogens with zero attached hydrogens (tertiary/aromatic N) is 1. The Morgan fingerprint density at radius 2 is 1.94 bits per heavy atom. The molecule has 0 aliphatic carbocycles. The maximum atomic E-state index is 11.2. The summed E-state index contributed by atoms with van der Waals surface area (Å²) < 4.78 is 22.5. The van der Waals surface area contributed by atoms with Crippen molar-refractivity contribution in [2.75, 3.05) is 24.6 Å². The van der Waals surface area contributed by atoms with Gasteiger partial charge in [-0.05, 0) is 26.8 Å². The number of sulfone groups is 1.